The molecule has 3 aromatic rings. The number of aromatic nitrogens is 1. The predicted octanol–water partition coefficient (Wildman–Crippen LogP) is 4.04. The summed E-state index contributed by atoms with van der Waals surface area (Å²) in [5.74, 6) is -0.128. The van der Waals surface area contributed by atoms with Crippen LogP contribution in [0, 0.1) is 0 Å². The first-order valence-electron chi connectivity index (χ1n) is 11.1. The summed E-state index contributed by atoms with van der Waals surface area (Å²) in [6, 6.07) is 17.1. The van der Waals surface area contributed by atoms with Crippen LogP contribution in [0.4, 0.5) is 0 Å². The maximum atomic E-state index is 13.2. The Bertz CT molecular complexity index is 1270. The second kappa shape index (κ2) is 9.02. The molecule has 1 saturated heterocycles. The Morgan fingerprint density at radius 3 is 2.71 bits per heavy atom. The van der Waals surface area contributed by atoms with Crippen molar-refractivity contribution in [2.24, 2.45) is 0 Å². The monoisotopic (exact) mass is 456 g/mol. The van der Waals surface area contributed by atoms with Crippen molar-refractivity contribution in [2.45, 2.75) is 25.4 Å². The molecule has 1 aromatic heterocycles. The van der Waals surface area contributed by atoms with Crippen LogP contribution in [0.3, 0.4) is 0 Å². The highest BCUT2D eigenvalue weighted by molar-refractivity contribution is 6.46. The second-order valence-corrected chi connectivity index (χ2v) is 8.30. The van der Waals surface area contributed by atoms with Gasteiger partial charge in [0, 0.05) is 18.3 Å². The first-order chi connectivity index (χ1) is 16.6. The lowest BCUT2D eigenvalue weighted by atomic mass is 9.96. The number of aryl methyl sites for hydroxylation is 1. The van der Waals surface area contributed by atoms with Crippen LogP contribution < -0.4 is 9.47 Å². The number of aliphatic hydroxyl groups is 1. The fourth-order valence-electron chi connectivity index (χ4n) is 4.48. The van der Waals surface area contributed by atoms with Crippen LogP contribution in [0.2, 0.25) is 0 Å². The molecule has 0 aliphatic carbocycles. The molecule has 1 atom stereocenters. The highest BCUT2D eigenvalue weighted by Crippen LogP contribution is 2.40. The van der Waals surface area contributed by atoms with E-state index in [0.29, 0.717) is 23.6 Å². The van der Waals surface area contributed by atoms with Gasteiger partial charge in [0.05, 0.1) is 25.0 Å². The molecule has 0 spiro atoms. The molecule has 0 radical (unpaired) electrons. The van der Waals surface area contributed by atoms with E-state index < -0.39 is 17.7 Å². The number of likely N-dealkylation sites (tertiary alicyclic amines) is 1. The largest absolute Gasteiger partial charge is 0.507 e. The van der Waals surface area contributed by atoms with Crippen LogP contribution in [-0.4, -0.2) is 40.4 Å². The third-order valence-corrected chi connectivity index (χ3v) is 6.20. The second-order valence-electron chi connectivity index (χ2n) is 8.30. The first-order valence-corrected chi connectivity index (χ1v) is 11.1. The van der Waals surface area contributed by atoms with Gasteiger partial charge in [-0.2, -0.15) is 0 Å². The fraction of sp³-hybridized carbons (Fsp3) is 0.222. The minimum absolute atomic E-state index is 0.0360. The molecule has 5 rings (SSSR count). The van der Waals surface area contributed by atoms with Gasteiger partial charge in [0.1, 0.15) is 23.3 Å². The van der Waals surface area contributed by atoms with Gasteiger partial charge in [0.25, 0.3) is 11.7 Å². The number of Topliss-reactive ketones (excluding diaryl/α,β-unsaturated/α-hetero) is 1. The van der Waals surface area contributed by atoms with Gasteiger partial charge in [0.15, 0.2) is 0 Å². The Morgan fingerprint density at radius 2 is 1.97 bits per heavy atom. The zero-order valence-corrected chi connectivity index (χ0v) is 18.7. The summed E-state index contributed by atoms with van der Waals surface area (Å²) in [6.07, 6.45) is 3.32. The molecule has 2 aliphatic rings. The number of carbonyl (C=O) groups excluding carboxylic acids is 2. The van der Waals surface area contributed by atoms with E-state index >= 15 is 0 Å². The van der Waals surface area contributed by atoms with E-state index in [-0.39, 0.29) is 17.9 Å². The predicted molar refractivity (Wildman–Crippen MR) is 125 cm³/mol. The molecule has 2 aromatic carbocycles. The molecule has 34 heavy (non-hydrogen) atoms. The number of benzene rings is 2. The Morgan fingerprint density at radius 1 is 1.15 bits per heavy atom. The van der Waals surface area contributed by atoms with Crippen molar-refractivity contribution in [1.82, 2.24) is 9.88 Å². The Hall–Kier alpha value is -4.13. The smallest absolute Gasteiger partial charge is 0.296 e. The number of pyridine rings is 1. The molecule has 7 heteroatoms. The standard InChI is InChI=1S/C27H24N2O5/c1-33-20-10-7-17(8-11-20)16-29-24(21-6-2-3-13-28-21)23(26(31)27(29)32)25(30)19-9-12-22-18(15-19)5-4-14-34-22/h2-3,6-13,15,24,30H,4-5,14,16H2,1H3/b25-23-. The number of ether oxygens (including phenoxy) is 2. The molecule has 2 aliphatic heterocycles. The van der Waals surface area contributed by atoms with Gasteiger partial charge in [-0.25, -0.2) is 0 Å². The SMILES string of the molecule is COc1ccc(CN2C(=O)C(=O)/C(=C(\O)c3ccc4c(c3)CCCO4)C2c2ccccn2)cc1. The number of ketones is 1. The summed E-state index contributed by atoms with van der Waals surface area (Å²) in [5.41, 5.74) is 2.83. The van der Waals surface area contributed by atoms with Crippen LogP contribution in [0.25, 0.3) is 5.76 Å². The van der Waals surface area contributed by atoms with Crippen LogP contribution >= 0.6 is 0 Å². The molecule has 3 heterocycles. The summed E-state index contributed by atoms with van der Waals surface area (Å²) in [4.78, 5) is 32.2. The summed E-state index contributed by atoms with van der Waals surface area (Å²) >= 11 is 0. The minimum Gasteiger partial charge on any atom is -0.507 e. The molecule has 7 nitrogen and oxygen atoms in total. The van der Waals surface area contributed by atoms with Crippen LogP contribution in [0.1, 0.15) is 34.8 Å². The quantitative estimate of drug-likeness (QED) is 0.354. The van der Waals surface area contributed by atoms with Crippen molar-refractivity contribution in [3.05, 3.63) is 94.8 Å². The molecule has 1 amide bonds. The van der Waals surface area contributed by atoms with Gasteiger partial charge in [-0.1, -0.05) is 18.2 Å². The minimum atomic E-state index is -0.810. The molecular weight excluding hydrogens is 432 g/mol. The van der Waals surface area contributed by atoms with Crippen molar-refractivity contribution in [1.29, 1.82) is 0 Å². The summed E-state index contributed by atoms with van der Waals surface area (Å²) in [5, 5.41) is 11.3. The van der Waals surface area contributed by atoms with E-state index in [0.717, 1.165) is 29.7 Å². The van der Waals surface area contributed by atoms with E-state index in [1.807, 2.05) is 18.2 Å². The first kappa shape index (κ1) is 21.7. The van der Waals surface area contributed by atoms with Crippen molar-refractivity contribution in [2.75, 3.05) is 13.7 Å². The van der Waals surface area contributed by atoms with Crippen molar-refractivity contribution >= 4 is 17.4 Å². The maximum Gasteiger partial charge on any atom is 0.296 e. The van der Waals surface area contributed by atoms with Crippen LogP contribution in [-0.2, 0) is 22.6 Å². The van der Waals surface area contributed by atoms with Crippen LogP contribution in [0.15, 0.2) is 72.4 Å². The number of methoxy groups -OCH3 is 1. The zero-order valence-electron chi connectivity index (χ0n) is 18.7. The number of rotatable bonds is 5. The highest BCUT2D eigenvalue weighted by atomic mass is 16.5. The lowest BCUT2D eigenvalue weighted by Gasteiger charge is -2.25. The number of amides is 1. The molecule has 0 saturated carbocycles. The third-order valence-electron chi connectivity index (χ3n) is 6.20. The topological polar surface area (TPSA) is 89.0 Å². The van der Waals surface area contributed by atoms with E-state index in [1.54, 1.807) is 55.8 Å². The highest BCUT2D eigenvalue weighted by Gasteiger charge is 2.46. The summed E-state index contributed by atoms with van der Waals surface area (Å²) in [6.45, 7) is 0.846. The molecule has 1 N–H and O–H groups in total. The molecule has 0 bridgehead atoms. The molecule has 172 valence electrons. The van der Waals surface area contributed by atoms with Gasteiger partial charge in [-0.15, -0.1) is 0 Å². The fourth-order valence-corrected chi connectivity index (χ4v) is 4.48. The number of carbonyl (C=O) groups is 2. The van der Waals surface area contributed by atoms with E-state index in [2.05, 4.69) is 4.98 Å². The van der Waals surface area contributed by atoms with Gasteiger partial charge < -0.3 is 19.5 Å². The number of nitrogens with zero attached hydrogens (tertiary/aromatic N) is 2. The normalized spacial score (nSPS) is 19.0. The van der Waals surface area contributed by atoms with E-state index in [1.165, 1.54) is 4.90 Å². The Balaban J connectivity index is 1.59. The Kier molecular flexibility index (Phi) is 5.76. The van der Waals surface area contributed by atoms with Crippen LogP contribution in [0.5, 0.6) is 11.5 Å². The number of hydrogen-bond acceptors (Lipinski definition) is 6. The van der Waals surface area contributed by atoms with Gasteiger partial charge in [0.2, 0.25) is 0 Å². The molecule has 1 unspecified atom stereocenters. The van der Waals surface area contributed by atoms with Gasteiger partial charge >= 0.3 is 0 Å². The van der Waals surface area contributed by atoms with Gasteiger partial charge in [-0.05, 0) is 66.4 Å². The number of hydrogen-bond donors (Lipinski definition) is 1. The van der Waals surface area contributed by atoms with Crippen molar-refractivity contribution < 1.29 is 24.2 Å². The van der Waals surface area contributed by atoms with E-state index in [9.17, 15) is 14.7 Å². The lowest BCUT2D eigenvalue weighted by Crippen LogP contribution is -2.29. The average Bonchev–Trinajstić information content (AvgIpc) is 3.14. The van der Waals surface area contributed by atoms with Gasteiger partial charge in [-0.3, -0.25) is 14.6 Å². The zero-order chi connectivity index (χ0) is 23.7. The molecular formula is C27H24N2O5. The third kappa shape index (κ3) is 3.90. The Labute approximate surface area is 197 Å². The average molecular weight is 456 g/mol. The lowest BCUT2D eigenvalue weighted by molar-refractivity contribution is -0.140. The number of fused-ring (bicyclic) bond motifs is 1. The maximum absolute atomic E-state index is 13.2. The molecule has 1 fully saturated rings. The van der Waals surface area contributed by atoms with Crippen molar-refractivity contribution in [3.8, 4) is 11.5 Å². The van der Waals surface area contributed by atoms with Crippen molar-refractivity contribution in [3.63, 3.8) is 0 Å². The van der Waals surface area contributed by atoms with E-state index in [4.69, 9.17) is 9.47 Å². The number of aliphatic hydroxyl groups excluding tert-OH is 1. The summed E-state index contributed by atoms with van der Waals surface area (Å²) in [7, 11) is 1.58. The summed E-state index contributed by atoms with van der Waals surface area (Å²) < 4.78 is 10.9.